The van der Waals surface area contributed by atoms with Crippen LogP contribution in [0, 0.1) is 10.1 Å². The fraction of sp³-hybridized carbons (Fsp3) is 0.200. The van der Waals surface area contributed by atoms with Gasteiger partial charge in [-0.3, -0.25) is 19.7 Å². The average Bonchev–Trinajstić information content (AvgIpc) is 3.08. The number of aliphatic carboxylic acids is 1. The van der Waals surface area contributed by atoms with E-state index in [2.05, 4.69) is 16.0 Å². The van der Waals surface area contributed by atoms with Gasteiger partial charge in [-0.15, -0.1) is 0 Å². The van der Waals surface area contributed by atoms with E-state index in [1.165, 1.54) is 24.3 Å². The highest BCUT2D eigenvalue weighted by atomic mass is 16.6. The molecule has 3 atom stereocenters. The van der Waals surface area contributed by atoms with E-state index < -0.39 is 46.9 Å². The Balaban J connectivity index is 1.50. The van der Waals surface area contributed by atoms with Crippen molar-refractivity contribution in [2.24, 2.45) is 0 Å². The van der Waals surface area contributed by atoms with Gasteiger partial charge in [-0.1, -0.05) is 91.0 Å². The first-order valence-electron chi connectivity index (χ1n) is 14.8. The van der Waals surface area contributed by atoms with Crippen LogP contribution in [0.3, 0.4) is 0 Å². The molecule has 4 aromatic carbocycles. The molecule has 3 amide bonds. The maximum absolute atomic E-state index is 13.7. The number of alkyl carbamates (subject to hydrolysis) is 1. The standard InChI is InChI=1S/C35H34N4O8/c40-32(37-31(34(42)43)22-26-14-8-3-9-15-26)29(20-24-10-4-1-5-11-24)36-33(41)30(21-25-12-6-2-7-13-25)38-35(44)47-23-27-16-18-28(19-17-27)39(45)46/h1-19,29-31H,20-23H2,(H,36,41)(H,37,40)(H,38,44)(H,42,43)/t29-,30-,31-/m0/s1. The molecule has 0 saturated carbocycles. The van der Waals surface area contributed by atoms with Crippen LogP contribution in [0.1, 0.15) is 22.3 Å². The van der Waals surface area contributed by atoms with Crippen LogP contribution in [0.15, 0.2) is 115 Å². The highest BCUT2D eigenvalue weighted by Crippen LogP contribution is 2.13. The number of carbonyl (C=O) groups excluding carboxylic acids is 3. The van der Waals surface area contributed by atoms with Gasteiger partial charge in [0.1, 0.15) is 24.7 Å². The number of amides is 3. The molecule has 0 saturated heterocycles. The molecule has 0 aliphatic carbocycles. The van der Waals surface area contributed by atoms with E-state index in [0.717, 1.165) is 11.1 Å². The molecule has 4 rings (SSSR count). The smallest absolute Gasteiger partial charge is 0.408 e. The number of nitrogens with one attached hydrogen (secondary N) is 3. The number of benzene rings is 4. The fourth-order valence-corrected chi connectivity index (χ4v) is 4.76. The molecule has 0 aliphatic rings. The van der Waals surface area contributed by atoms with Gasteiger partial charge in [0.25, 0.3) is 5.69 Å². The predicted molar refractivity (Wildman–Crippen MR) is 172 cm³/mol. The van der Waals surface area contributed by atoms with Crippen molar-refractivity contribution in [3.8, 4) is 0 Å². The van der Waals surface area contributed by atoms with Crippen LogP contribution in [0.4, 0.5) is 10.5 Å². The Labute approximate surface area is 270 Å². The minimum Gasteiger partial charge on any atom is -0.480 e. The summed E-state index contributed by atoms with van der Waals surface area (Å²) in [4.78, 5) is 62.6. The lowest BCUT2D eigenvalue weighted by atomic mass is 10.0. The number of hydrogen-bond donors (Lipinski definition) is 4. The molecule has 0 aromatic heterocycles. The summed E-state index contributed by atoms with van der Waals surface area (Å²) in [5.41, 5.74) is 2.54. The summed E-state index contributed by atoms with van der Waals surface area (Å²) in [5, 5.41) is 28.6. The molecular weight excluding hydrogens is 604 g/mol. The van der Waals surface area contributed by atoms with Crippen LogP contribution < -0.4 is 16.0 Å². The quantitative estimate of drug-likeness (QED) is 0.112. The van der Waals surface area contributed by atoms with Crippen LogP contribution in [0.5, 0.6) is 0 Å². The number of carboxylic acids is 1. The lowest BCUT2D eigenvalue weighted by Crippen LogP contribution is -2.57. The lowest BCUT2D eigenvalue weighted by Gasteiger charge is -2.25. The second-order valence-electron chi connectivity index (χ2n) is 10.7. The van der Waals surface area contributed by atoms with E-state index in [0.29, 0.717) is 11.1 Å². The number of carboxylic acid groups (broad SMARTS) is 1. The Kier molecular flexibility index (Phi) is 12.1. The maximum Gasteiger partial charge on any atom is 0.408 e. The summed E-state index contributed by atoms with van der Waals surface area (Å²) >= 11 is 0. The van der Waals surface area contributed by atoms with Gasteiger partial charge < -0.3 is 25.8 Å². The molecule has 0 bridgehead atoms. The third-order valence-corrected chi connectivity index (χ3v) is 7.22. The van der Waals surface area contributed by atoms with Gasteiger partial charge in [0, 0.05) is 31.4 Å². The maximum atomic E-state index is 13.7. The molecule has 4 aromatic rings. The van der Waals surface area contributed by atoms with E-state index in [1.54, 1.807) is 91.0 Å². The van der Waals surface area contributed by atoms with Gasteiger partial charge in [0.2, 0.25) is 11.8 Å². The Bertz CT molecular complexity index is 1650. The lowest BCUT2D eigenvalue weighted by molar-refractivity contribution is -0.384. The van der Waals surface area contributed by atoms with Crippen LogP contribution in [0.25, 0.3) is 0 Å². The van der Waals surface area contributed by atoms with Gasteiger partial charge >= 0.3 is 12.1 Å². The normalized spacial score (nSPS) is 12.5. The van der Waals surface area contributed by atoms with Crippen molar-refractivity contribution in [2.45, 2.75) is 44.0 Å². The summed E-state index contributed by atoms with van der Waals surface area (Å²) in [7, 11) is 0. The summed E-state index contributed by atoms with van der Waals surface area (Å²) < 4.78 is 5.29. The van der Waals surface area contributed by atoms with E-state index in [9.17, 15) is 34.4 Å². The Hall–Kier alpha value is -6.04. The molecule has 0 unspecified atom stereocenters. The van der Waals surface area contributed by atoms with Crippen LogP contribution >= 0.6 is 0 Å². The number of ether oxygens (including phenoxy) is 1. The number of non-ortho nitro benzene ring substituents is 1. The van der Waals surface area contributed by atoms with E-state index in [-0.39, 0.29) is 31.6 Å². The monoisotopic (exact) mass is 638 g/mol. The Morgan fingerprint density at radius 3 is 1.43 bits per heavy atom. The summed E-state index contributed by atoms with van der Waals surface area (Å²) in [6.07, 6.45) is -0.770. The predicted octanol–water partition coefficient (Wildman–Crippen LogP) is 3.97. The highest BCUT2D eigenvalue weighted by Gasteiger charge is 2.30. The zero-order valence-corrected chi connectivity index (χ0v) is 25.3. The zero-order valence-electron chi connectivity index (χ0n) is 25.3. The van der Waals surface area contributed by atoms with E-state index >= 15 is 0 Å². The second kappa shape index (κ2) is 16.9. The first kappa shape index (κ1) is 33.8. The van der Waals surface area contributed by atoms with Crippen LogP contribution in [0.2, 0.25) is 0 Å². The average molecular weight is 639 g/mol. The fourth-order valence-electron chi connectivity index (χ4n) is 4.76. The third-order valence-electron chi connectivity index (χ3n) is 7.22. The molecule has 0 heterocycles. The van der Waals surface area contributed by atoms with Gasteiger partial charge in [-0.2, -0.15) is 0 Å². The van der Waals surface area contributed by atoms with Crippen molar-refractivity contribution in [2.75, 3.05) is 0 Å². The Morgan fingerprint density at radius 2 is 1.00 bits per heavy atom. The van der Waals surface area contributed by atoms with Crippen LogP contribution in [-0.2, 0) is 45.0 Å². The largest absolute Gasteiger partial charge is 0.480 e. The van der Waals surface area contributed by atoms with Gasteiger partial charge in [-0.25, -0.2) is 9.59 Å². The summed E-state index contributed by atoms with van der Waals surface area (Å²) in [5.74, 6) is -2.62. The molecule has 0 aliphatic heterocycles. The number of nitro groups is 1. The van der Waals surface area contributed by atoms with Crippen molar-refractivity contribution < 1.29 is 33.9 Å². The van der Waals surface area contributed by atoms with Crippen LogP contribution in [-0.4, -0.2) is 52.0 Å². The molecule has 0 radical (unpaired) electrons. The van der Waals surface area contributed by atoms with Gasteiger partial charge in [0.05, 0.1) is 4.92 Å². The van der Waals surface area contributed by atoms with Gasteiger partial charge in [0.15, 0.2) is 0 Å². The van der Waals surface area contributed by atoms with Crippen molar-refractivity contribution in [1.29, 1.82) is 0 Å². The second-order valence-corrected chi connectivity index (χ2v) is 10.7. The molecule has 4 N–H and O–H groups in total. The van der Waals surface area contributed by atoms with Crippen molar-refractivity contribution >= 4 is 29.6 Å². The number of rotatable bonds is 15. The Morgan fingerprint density at radius 1 is 0.596 bits per heavy atom. The first-order valence-corrected chi connectivity index (χ1v) is 14.8. The number of carbonyl (C=O) groups is 4. The topological polar surface area (TPSA) is 177 Å². The van der Waals surface area contributed by atoms with Crippen molar-refractivity contribution in [3.05, 3.63) is 148 Å². The minimum absolute atomic E-state index is 0.0344. The van der Waals surface area contributed by atoms with Gasteiger partial charge in [-0.05, 0) is 34.4 Å². The van der Waals surface area contributed by atoms with Crippen molar-refractivity contribution in [3.63, 3.8) is 0 Å². The SMILES string of the molecule is O=C(N[C@@H](Cc1ccccc1)C(=O)N[C@@H](Cc1ccccc1)C(=O)N[C@@H](Cc1ccccc1)C(=O)O)OCc1ccc([N+](=O)[O-])cc1. The van der Waals surface area contributed by atoms with E-state index in [1.807, 2.05) is 0 Å². The molecular formula is C35H34N4O8. The molecule has 47 heavy (non-hydrogen) atoms. The van der Waals surface area contributed by atoms with E-state index in [4.69, 9.17) is 4.74 Å². The minimum atomic E-state index is -1.26. The number of hydrogen-bond acceptors (Lipinski definition) is 7. The van der Waals surface area contributed by atoms with Crippen molar-refractivity contribution in [1.82, 2.24) is 16.0 Å². The molecule has 0 spiro atoms. The molecule has 242 valence electrons. The summed E-state index contributed by atoms with van der Waals surface area (Å²) in [6, 6.07) is 28.6. The third kappa shape index (κ3) is 10.8. The molecule has 0 fully saturated rings. The number of nitrogens with zero attached hydrogens (tertiary/aromatic N) is 1. The molecule has 12 heteroatoms. The zero-order chi connectivity index (χ0) is 33.6. The summed E-state index contributed by atoms with van der Waals surface area (Å²) in [6.45, 7) is -0.208. The number of nitro benzene ring substituents is 1. The molecule has 12 nitrogen and oxygen atoms in total. The first-order chi connectivity index (χ1) is 22.7. The highest BCUT2D eigenvalue weighted by molar-refractivity contribution is 5.93.